The van der Waals surface area contributed by atoms with Crippen LogP contribution in [0.3, 0.4) is 0 Å². The molecule has 0 amide bonds. The first-order valence-electron chi connectivity index (χ1n) is 4.84. The molecule has 3 nitrogen and oxygen atoms in total. The highest BCUT2D eigenvalue weighted by molar-refractivity contribution is 6.35. The van der Waals surface area contributed by atoms with E-state index in [0.29, 0.717) is 0 Å². The average Bonchev–Trinajstić information content (AvgIpc) is 2.30. The zero-order chi connectivity index (χ0) is 13.9. The molecule has 0 saturated carbocycles. The minimum Gasteiger partial charge on any atom is -0.465 e. The van der Waals surface area contributed by atoms with Crippen molar-refractivity contribution in [2.75, 3.05) is 6.61 Å². The van der Waals surface area contributed by atoms with Crippen molar-refractivity contribution in [2.24, 2.45) is 0 Å². The monoisotopic (exact) mass is 296 g/mol. The molecule has 1 aromatic rings. The lowest BCUT2D eigenvalue weighted by Gasteiger charge is -2.06. The molecule has 0 saturated heterocycles. The topological polar surface area (TPSA) is 43.4 Å². The van der Waals surface area contributed by atoms with Crippen molar-refractivity contribution in [3.63, 3.8) is 0 Å². The van der Waals surface area contributed by atoms with Gasteiger partial charge in [0, 0.05) is 13.3 Å². The molecule has 98 valence electrons. The molecule has 0 N–H and O–H groups in total. The number of benzene rings is 1. The third kappa shape index (κ3) is 3.40. The Hall–Kier alpha value is -1.20. The van der Waals surface area contributed by atoms with E-state index in [9.17, 15) is 18.4 Å². The van der Waals surface area contributed by atoms with E-state index in [1.165, 1.54) is 6.92 Å². The number of hydrogen-bond donors (Lipinski definition) is 0. The molecule has 0 spiro atoms. The second kappa shape index (κ2) is 6.11. The molecule has 0 unspecified atom stereocenters. The first-order valence-corrected chi connectivity index (χ1v) is 5.59. The number of ketones is 1. The number of hydrogen-bond acceptors (Lipinski definition) is 3. The van der Waals surface area contributed by atoms with Gasteiger partial charge in [0.25, 0.3) is 0 Å². The summed E-state index contributed by atoms with van der Waals surface area (Å²) in [6.45, 7) is 0.983. The standard InChI is InChI=1S/C11H8Cl2F2O3/c1-5(16)18-3-2-8(17)6-4-7(12)11(15)9(13)10(6)14/h4H,2-3H2,1H3. The molecule has 0 heterocycles. The molecule has 0 atom stereocenters. The van der Waals surface area contributed by atoms with Crippen molar-refractivity contribution in [3.8, 4) is 0 Å². The second-order valence-electron chi connectivity index (χ2n) is 3.36. The van der Waals surface area contributed by atoms with Crippen LogP contribution in [0.15, 0.2) is 6.07 Å². The van der Waals surface area contributed by atoms with Crippen LogP contribution in [-0.2, 0) is 9.53 Å². The summed E-state index contributed by atoms with van der Waals surface area (Å²) in [4.78, 5) is 22.1. The Morgan fingerprint density at radius 2 is 1.89 bits per heavy atom. The zero-order valence-corrected chi connectivity index (χ0v) is 10.7. The van der Waals surface area contributed by atoms with Gasteiger partial charge in [-0.25, -0.2) is 8.78 Å². The summed E-state index contributed by atoms with van der Waals surface area (Å²) < 4.78 is 31.2. The lowest BCUT2D eigenvalue weighted by atomic mass is 10.1. The van der Waals surface area contributed by atoms with Crippen molar-refractivity contribution in [2.45, 2.75) is 13.3 Å². The SMILES string of the molecule is CC(=O)OCCC(=O)c1cc(Cl)c(F)c(Cl)c1F. The first-order chi connectivity index (χ1) is 8.34. The predicted octanol–water partition coefficient (Wildman–Crippen LogP) is 3.41. The van der Waals surface area contributed by atoms with Gasteiger partial charge in [0.05, 0.1) is 17.2 Å². The second-order valence-corrected chi connectivity index (χ2v) is 4.15. The summed E-state index contributed by atoms with van der Waals surface area (Å²) in [5, 5.41) is -1.28. The number of rotatable bonds is 4. The van der Waals surface area contributed by atoms with Crippen LogP contribution >= 0.6 is 23.2 Å². The smallest absolute Gasteiger partial charge is 0.302 e. The number of halogens is 4. The number of ether oxygens (including phenoxy) is 1. The average molecular weight is 297 g/mol. The van der Waals surface area contributed by atoms with E-state index in [1.807, 2.05) is 0 Å². The van der Waals surface area contributed by atoms with Gasteiger partial charge >= 0.3 is 5.97 Å². The van der Waals surface area contributed by atoms with Crippen LogP contribution < -0.4 is 0 Å². The normalized spacial score (nSPS) is 10.3. The van der Waals surface area contributed by atoms with Gasteiger partial charge in [0.2, 0.25) is 0 Å². The molecule has 1 rings (SSSR count). The molecule has 0 fully saturated rings. The van der Waals surface area contributed by atoms with Crippen LogP contribution in [0, 0.1) is 11.6 Å². The van der Waals surface area contributed by atoms with E-state index in [0.717, 1.165) is 6.07 Å². The highest BCUT2D eigenvalue weighted by Crippen LogP contribution is 2.29. The minimum absolute atomic E-state index is 0.194. The first kappa shape index (κ1) is 14.9. The minimum atomic E-state index is -1.17. The summed E-state index contributed by atoms with van der Waals surface area (Å²) in [7, 11) is 0. The van der Waals surface area contributed by atoms with Gasteiger partial charge < -0.3 is 4.74 Å². The molecular formula is C11H8Cl2F2O3. The molecule has 0 aliphatic carbocycles. The summed E-state index contributed by atoms with van der Waals surface area (Å²) in [6, 6.07) is 0.855. The molecule has 0 aliphatic heterocycles. The number of Topliss-reactive ketones (excluding diaryl/α,β-unsaturated/α-hetero) is 1. The van der Waals surface area contributed by atoms with Crippen LogP contribution in [-0.4, -0.2) is 18.4 Å². The fraction of sp³-hybridized carbons (Fsp3) is 0.273. The number of carbonyl (C=O) groups is 2. The van der Waals surface area contributed by atoms with Crippen LogP contribution in [0.4, 0.5) is 8.78 Å². The van der Waals surface area contributed by atoms with Gasteiger partial charge in [0.1, 0.15) is 5.02 Å². The summed E-state index contributed by atoms with van der Waals surface area (Å²) in [6.07, 6.45) is -0.241. The molecule has 7 heteroatoms. The predicted molar refractivity (Wildman–Crippen MR) is 62.0 cm³/mol. The van der Waals surface area contributed by atoms with E-state index in [2.05, 4.69) is 4.74 Å². The largest absolute Gasteiger partial charge is 0.465 e. The Morgan fingerprint density at radius 1 is 1.28 bits per heavy atom. The maximum atomic E-state index is 13.5. The lowest BCUT2D eigenvalue weighted by molar-refractivity contribution is -0.140. The summed E-state index contributed by atoms with van der Waals surface area (Å²) in [5.41, 5.74) is -0.432. The van der Waals surface area contributed by atoms with E-state index < -0.39 is 39.0 Å². The van der Waals surface area contributed by atoms with Gasteiger partial charge in [-0.3, -0.25) is 9.59 Å². The Balaban J connectivity index is 2.90. The maximum Gasteiger partial charge on any atom is 0.302 e. The van der Waals surface area contributed by atoms with Crippen LogP contribution in [0.5, 0.6) is 0 Å². The third-order valence-corrected chi connectivity index (χ3v) is 2.64. The van der Waals surface area contributed by atoms with Crippen molar-refractivity contribution < 1.29 is 23.1 Å². The quantitative estimate of drug-likeness (QED) is 0.370. The fourth-order valence-corrected chi connectivity index (χ4v) is 1.65. The molecule has 0 bridgehead atoms. The Kier molecular flexibility index (Phi) is 5.04. The van der Waals surface area contributed by atoms with Gasteiger partial charge in [-0.05, 0) is 6.07 Å². The molecular weight excluding hydrogens is 289 g/mol. The van der Waals surface area contributed by atoms with Gasteiger partial charge in [-0.1, -0.05) is 23.2 Å². The molecule has 0 aromatic heterocycles. The molecule has 1 aromatic carbocycles. The summed E-state index contributed by atoms with van der Waals surface area (Å²) in [5.74, 6) is -3.53. The summed E-state index contributed by atoms with van der Waals surface area (Å²) >= 11 is 10.8. The zero-order valence-electron chi connectivity index (χ0n) is 9.23. The van der Waals surface area contributed by atoms with Gasteiger partial charge in [0.15, 0.2) is 17.4 Å². The molecule has 18 heavy (non-hydrogen) atoms. The Bertz CT molecular complexity index is 504. The maximum absolute atomic E-state index is 13.5. The fourth-order valence-electron chi connectivity index (χ4n) is 1.20. The lowest BCUT2D eigenvalue weighted by Crippen LogP contribution is -2.10. The third-order valence-electron chi connectivity index (χ3n) is 2.04. The van der Waals surface area contributed by atoms with Crippen molar-refractivity contribution in [3.05, 3.63) is 33.3 Å². The van der Waals surface area contributed by atoms with Crippen molar-refractivity contribution in [1.82, 2.24) is 0 Å². The van der Waals surface area contributed by atoms with E-state index in [4.69, 9.17) is 23.2 Å². The van der Waals surface area contributed by atoms with Crippen molar-refractivity contribution >= 4 is 35.0 Å². The van der Waals surface area contributed by atoms with Crippen molar-refractivity contribution in [1.29, 1.82) is 0 Å². The van der Waals surface area contributed by atoms with Crippen LogP contribution in [0.25, 0.3) is 0 Å². The van der Waals surface area contributed by atoms with Gasteiger partial charge in [-0.15, -0.1) is 0 Å². The Morgan fingerprint density at radius 3 is 2.44 bits per heavy atom. The van der Waals surface area contributed by atoms with E-state index >= 15 is 0 Å². The number of carbonyl (C=O) groups excluding carboxylic acids is 2. The highest BCUT2D eigenvalue weighted by atomic mass is 35.5. The molecule has 0 aliphatic rings. The molecule has 0 radical (unpaired) electrons. The Labute approximate surface area is 112 Å². The van der Waals surface area contributed by atoms with Crippen LogP contribution in [0.1, 0.15) is 23.7 Å². The highest BCUT2D eigenvalue weighted by Gasteiger charge is 2.20. The van der Waals surface area contributed by atoms with Gasteiger partial charge in [-0.2, -0.15) is 0 Å². The van der Waals surface area contributed by atoms with Crippen LogP contribution in [0.2, 0.25) is 10.0 Å². The van der Waals surface area contributed by atoms with E-state index in [1.54, 1.807) is 0 Å². The number of esters is 1. The van der Waals surface area contributed by atoms with E-state index in [-0.39, 0.29) is 13.0 Å².